The number of hydrogen-bond acceptors (Lipinski definition) is 8. The SMILES string of the molecule is COCCc1nc2c(N)nc3ccccc3c2n1CCCCN(Cc1ccc(OCC(=O)O)cc1)C(=O)NCCN1CCCCC1. The molecule has 0 bridgehead atoms. The van der Waals surface area contributed by atoms with Crippen molar-refractivity contribution in [3.8, 4) is 5.75 Å². The first-order valence-electron chi connectivity index (χ1n) is 16.1. The largest absolute Gasteiger partial charge is 0.482 e. The lowest BCUT2D eigenvalue weighted by atomic mass is 10.1. The van der Waals surface area contributed by atoms with Crippen LogP contribution in [0.15, 0.2) is 48.5 Å². The third-order valence-corrected chi connectivity index (χ3v) is 8.38. The Morgan fingerprint density at radius 2 is 1.80 bits per heavy atom. The number of unbranched alkanes of at least 4 members (excludes halogenated alkanes) is 1. The van der Waals surface area contributed by atoms with E-state index in [0.717, 1.165) is 60.3 Å². The molecule has 0 saturated carbocycles. The fourth-order valence-corrected chi connectivity index (χ4v) is 6.03. The van der Waals surface area contributed by atoms with E-state index in [1.165, 1.54) is 19.3 Å². The number of imidazole rings is 1. The van der Waals surface area contributed by atoms with Crippen molar-refractivity contribution in [1.82, 2.24) is 29.7 Å². The van der Waals surface area contributed by atoms with Gasteiger partial charge in [-0.05, 0) is 62.5 Å². The minimum Gasteiger partial charge on any atom is -0.482 e. The molecule has 0 spiro atoms. The van der Waals surface area contributed by atoms with Crippen molar-refractivity contribution in [3.63, 3.8) is 0 Å². The smallest absolute Gasteiger partial charge is 0.341 e. The van der Waals surface area contributed by atoms with Crippen molar-refractivity contribution in [3.05, 3.63) is 59.9 Å². The Bertz CT molecular complexity index is 1600. The number of carboxylic acids is 1. The number of fused-ring (bicyclic) bond motifs is 3. The fraction of sp³-hybridized carbons (Fsp3) is 0.471. The number of pyridine rings is 1. The number of aromatic nitrogens is 3. The fourth-order valence-electron chi connectivity index (χ4n) is 6.03. The highest BCUT2D eigenvalue weighted by atomic mass is 16.5. The number of nitrogen functional groups attached to an aromatic ring is 1. The molecule has 4 N–H and O–H groups in total. The second kappa shape index (κ2) is 16.2. The van der Waals surface area contributed by atoms with E-state index in [-0.39, 0.29) is 6.03 Å². The zero-order valence-corrected chi connectivity index (χ0v) is 26.6. The van der Waals surface area contributed by atoms with Gasteiger partial charge in [-0.1, -0.05) is 36.8 Å². The van der Waals surface area contributed by atoms with Gasteiger partial charge in [-0.15, -0.1) is 0 Å². The third-order valence-electron chi connectivity index (χ3n) is 8.38. The maximum absolute atomic E-state index is 13.4. The van der Waals surface area contributed by atoms with E-state index in [4.69, 9.17) is 25.3 Å². The van der Waals surface area contributed by atoms with E-state index in [9.17, 15) is 9.59 Å². The first kappa shape index (κ1) is 33.0. The molecule has 0 aliphatic carbocycles. The van der Waals surface area contributed by atoms with Crippen molar-refractivity contribution in [2.75, 3.05) is 58.8 Å². The monoisotopic (exact) mass is 631 g/mol. The Kier molecular flexibility index (Phi) is 11.6. The van der Waals surface area contributed by atoms with E-state index < -0.39 is 12.6 Å². The molecule has 1 saturated heterocycles. The number of nitrogens with zero attached hydrogens (tertiary/aromatic N) is 5. The minimum absolute atomic E-state index is 0.0954. The van der Waals surface area contributed by atoms with Gasteiger partial charge in [0.15, 0.2) is 12.4 Å². The Balaban J connectivity index is 1.27. The Labute approximate surface area is 269 Å². The van der Waals surface area contributed by atoms with Gasteiger partial charge in [0.25, 0.3) is 0 Å². The summed E-state index contributed by atoms with van der Waals surface area (Å²) in [4.78, 5) is 38.0. The average Bonchev–Trinajstić information content (AvgIpc) is 3.44. The van der Waals surface area contributed by atoms with Crippen LogP contribution in [-0.2, 0) is 29.0 Å². The molecule has 2 aromatic carbocycles. The van der Waals surface area contributed by atoms with Gasteiger partial charge in [0, 0.05) is 51.6 Å². The number of benzene rings is 2. The zero-order chi connectivity index (χ0) is 32.3. The lowest BCUT2D eigenvalue weighted by Crippen LogP contribution is -2.44. The molecule has 46 heavy (non-hydrogen) atoms. The highest BCUT2D eigenvalue weighted by molar-refractivity contribution is 6.06. The van der Waals surface area contributed by atoms with E-state index >= 15 is 0 Å². The number of carbonyl (C=O) groups excluding carboxylic acids is 1. The predicted molar refractivity (Wildman–Crippen MR) is 178 cm³/mol. The first-order valence-corrected chi connectivity index (χ1v) is 16.1. The molecular weight excluding hydrogens is 586 g/mol. The summed E-state index contributed by atoms with van der Waals surface area (Å²) in [7, 11) is 1.68. The van der Waals surface area contributed by atoms with Crippen LogP contribution in [0.1, 0.15) is 43.5 Å². The minimum atomic E-state index is -1.03. The van der Waals surface area contributed by atoms with E-state index in [1.54, 1.807) is 19.2 Å². The molecule has 1 aliphatic heterocycles. The maximum atomic E-state index is 13.4. The van der Waals surface area contributed by atoms with Crippen LogP contribution in [0, 0.1) is 0 Å². The molecule has 5 rings (SSSR count). The number of carboxylic acid groups (broad SMARTS) is 1. The highest BCUT2D eigenvalue weighted by Crippen LogP contribution is 2.29. The second-order valence-corrected chi connectivity index (χ2v) is 11.7. The van der Waals surface area contributed by atoms with Crippen LogP contribution < -0.4 is 15.8 Å². The zero-order valence-electron chi connectivity index (χ0n) is 26.6. The summed E-state index contributed by atoms with van der Waals surface area (Å²) in [6, 6.07) is 15.1. The second-order valence-electron chi connectivity index (χ2n) is 11.7. The normalized spacial score (nSPS) is 13.7. The van der Waals surface area contributed by atoms with Crippen LogP contribution in [0.3, 0.4) is 0 Å². The van der Waals surface area contributed by atoms with Crippen LogP contribution in [0.2, 0.25) is 0 Å². The van der Waals surface area contributed by atoms with Crippen LogP contribution in [0.25, 0.3) is 21.9 Å². The van der Waals surface area contributed by atoms with Gasteiger partial charge >= 0.3 is 12.0 Å². The Morgan fingerprint density at radius 1 is 1.02 bits per heavy atom. The topological polar surface area (TPSA) is 148 Å². The molecule has 4 aromatic rings. The van der Waals surface area contributed by atoms with Gasteiger partial charge < -0.3 is 40.0 Å². The molecule has 3 heterocycles. The summed E-state index contributed by atoms with van der Waals surface area (Å²) in [5.41, 5.74) is 9.81. The van der Waals surface area contributed by atoms with E-state index in [0.29, 0.717) is 56.3 Å². The number of para-hydroxylation sites is 1. The highest BCUT2D eigenvalue weighted by Gasteiger charge is 2.19. The third kappa shape index (κ3) is 8.64. The molecule has 246 valence electrons. The number of amides is 2. The van der Waals surface area contributed by atoms with Crippen LogP contribution in [0.4, 0.5) is 10.6 Å². The summed E-state index contributed by atoms with van der Waals surface area (Å²) in [5, 5.41) is 13.0. The number of rotatable bonds is 16. The number of nitrogens with one attached hydrogen (secondary N) is 1. The van der Waals surface area contributed by atoms with Crippen molar-refractivity contribution in [2.45, 2.75) is 51.6 Å². The number of carbonyl (C=O) groups is 2. The predicted octanol–water partition coefficient (Wildman–Crippen LogP) is 4.30. The Morgan fingerprint density at radius 3 is 2.57 bits per heavy atom. The van der Waals surface area contributed by atoms with Crippen LogP contribution >= 0.6 is 0 Å². The van der Waals surface area contributed by atoms with Gasteiger partial charge in [-0.25, -0.2) is 19.6 Å². The number of piperidine rings is 1. The summed E-state index contributed by atoms with van der Waals surface area (Å²) < 4.78 is 12.9. The molecule has 1 aliphatic rings. The summed E-state index contributed by atoms with van der Waals surface area (Å²) in [6.07, 6.45) is 5.95. The summed E-state index contributed by atoms with van der Waals surface area (Å²) in [5.74, 6) is 0.764. The molecule has 0 unspecified atom stereocenters. The number of likely N-dealkylation sites (tertiary alicyclic amines) is 1. The van der Waals surface area contributed by atoms with Gasteiger partial charge in [-0.3, -0.25) is 0 Å². The lowest BCUT2D eigenvalue weighted by Gasteiger charge is -2.28. The summed E-state index contributed by atoms with van der Waals surface area (Å²) in [6.45, 7) is 5.46. The van der Waals surface area contributed by atoms with Crippen molar-refractivity contribution >= 4 is 39.8 Å². The number of nitrogens with two attached hydrogens (primary N) is 1. The number of anilines is 1. The first-order chi connectivity index (χ1) is 22.4. The number of urea groups is 1. The molecule has 1 fully saturated rings. The molecule has 12 heteroatoms. The standard InChI is InChI=1S/C34H45N7O5/c1-45-22-15-29-38-31-32(27-9-3-4-10-28(27)37-33(31)35)41(29)20-8-7-19-40(34(44)36-16-21-39-17-5-2-6-18-39)23-25-11-13-26(14-12-25)46-24-30(42)43/h3-4,9-14H,2,5-8,15-24H2,1H3,(H2,35,37)(H,36,44)(H,42,43). The van der Waals surface area contributed by atoms with Crippen molar-refractivity contribution in [2.24, 2.45) is 0 Å². The van der Waals surface area contributed by atoms with Gasteiger partial charge in [0.2, 0.25) is 0 Å². The molecule has 12 nitrogen and oxygen atoms in total. The van der Waals surface area contributed by atoms with Gasteiger partial charge in [-0.2, -0.15) is 0 Å². The molecule has 0 atom stereocenters. The van der Waals surface area contributed by atoms with E-state index in [1.807, 2.05) is 35.2 Å². The number of ether oxygens (including phenoxy) is 2. The quantitative estimate of drug-likeness (QED) is 0.154. The molecular formula is C34H45N7O5. The van der Waals surface area contributed by atoms with Crippen LogP contribution in [-0.4, -0.2) is 94.5 Å². The molecule has 2 amide bonds. The lowest BCUT2D eigenvalue weighted by molar-refractivity contribution is -0.139. The van der Waals surface area contributed by atoms with Crippen LogP contribution in [0.5, 0.6) is 5.75 Å². The number of aryl methyl sites for hydroxylation is 1. The number of aliphatic carboxylic acids is 1. The van der Waals surface area contributed by atoms with Gasteiger partial charge in [0.1, 0.15) is 17.1 Å². The summed E-state index contributed by atoms with van der Waals surface area (Å²) >= 11 is 0. The van der Waals surface area contributed by atoms with Gasteiger partial charge in [0.05, 0.1) is 17.6 Å². The average molecular weight is 632 g/mol. The Hall–Kier alpha value is -4.42. The van der Waals surface area contributed by atoms with Crippen molar-refractivity contribution < 1.29 is 24.2 Å². The molecule has 2 aromatic heterocycles. The molecule has 0 radical (unpaired) electrons. The number of methoxy groups -OCH3 is 1. The maximum Gasteiger partial charge on any atom is 0.341 e. The van der Waals surface area contributed by atoms with E-state index in [2.05, 4.69) is 25.8 Å². The van der Waals surface area contributed by atoms with Crippen molar-refractivity contribution in [1.29, 1.82) is 0 Å². The number of hydrogen-bond donors (Lipinski definition) is 3.